The van der Waals surface area contributed by atoms with E-state index < -0.39 is 0 Å². The smallest absolute Gasteiger partial charge is 0.247 e. The van der Waals surface area contributed by atoms with Crippen molar-refractivity contribution in [3.63, 3.8) is 0 Å². The molecule has 0 aliphatic rings. The van der Waals surface area contributed by atoms with E-state index >= 15 is 0 Å². The Morgan fingerprint density at radius 1 is 1.12 bits per heavy atom. The van der Waals surface area contributed by atoms with E-state index in [1.165, 1.54) is 0 Å². The van der Waals surface area contributed by atoms with Gasteiger partial charge in [0, 0.05) is 11.6 Å². The van der Waals surface area contributed by atoms with Crippen LogP contribution in [0.15, 0.2) is 58.1 Å². The van der Waals surface area contributed by atoms with Crippen molar-refractivity contribution in [3.8, 4) is 17.2 Å². The van der Waals surface area contributed by atoms with Crippen LogP contribution in [0.25, 0.3) is 22.5 Å². The van der Waals surface area contributed by atoms with E-state index in [1.807, 2.05) is 55.5 Å². The molecular formula is C18H16N4O2S. The summed E-state index contributed by atoms with van der Waals surface area (Å²) in [6, 6.07) is 15.5. The zero-order chi connectivity index (χ0) is 17.2. The lowest BCUT2D eigenvalue weighted by atomic mass is 10.2. The molecule has 0 saturated carbocycles. The zero-order valence-corrected chi connectivity index (χ0v) is 14.6. The van der Waals surface area contributed by atoms with Crippen LogP contribution in [0.3, 0.4) is 0 Å². The van der Waals surface area contributed by atoms with Crippen LogP contribution in [0.2, 0.25) is 0 Å². The number of nitrogens with zero attached hydrogens (tertiary/aromatic N) is 3. The second kappa shape index (κ2) is 6.60. The first kappa shape index (κ1) is 15.7. The highest BCUT2D eigenvalue weighted by molar-refractivity contribution is 7.99. The van der Waals surface area contributed by atoms with Crippen LogP contribution in [-0.4, -0.2) is 27.3 Å². The summed E-state index contributed by atoms with van der Waals surface area (Å²) in [5.41, 5.74) is 2.74. The van der Waals surface area contributed by atoms with Gasteiger partial charge in [-0.15, -0.1) is 10.2 Å². The van der Waals surface area contributed by atoms with Crippen LogP contribution < -0.4 is 4.74 Å². The highest BCUT2D eigenvalue weighted by atomic mass is 32.2. The molecule has 2 aromatic heterocycles. The van der Waals surface area contributed by atoms with Gasteiger partial charge in [0.2, 0.25) is 11.8 Å². The van der Waals surface area contributed by atoms with Crippen LogP contribution in [0.4, 0.5) is 0 Å². The number of methoxy groups -OCH3 is 1. The first-order valence-electron chi connectivity index (χ1n) is 7.82. The molecule has 0 spiro atoms. The second-order valence-corrected chi connectivity index (χ2v) is 6.83. The summed E-state index contributed by atoms with van der Waals surface area (Å²) in [7, 11) is 1.65. The fourth-order valence-electron chi connectivity index (χ4n) is 2.46. The summed E-state index contributed by atoms with van der Waals surface area (Å²) >= 11 is 1.54. The van der Waals surface area contributed by atoms with Crippen LogP contribution in [0.1, 0.15) is 18.1 Å². The highest BCUT2D eigenvalue weighted by Gasteiger charge is 2.18. The number of hydrogen-bond donors (Lipinski definition) is 1. The number of ether oxygens (including phenoxy) is 1. The Bertz CT molecular complexity index is 997. The lowest BCUT2D eigenvalue weighted by molar-refractivity contribution is 0.415. The van der Waals surface area contributed by atoms with Crippen molar-refractivity contribution in [2.45, 2.75) is 17.3 Å². The zero-order valence-electron chi connectivity index (χ0n) is 13.8. The number of hydrogen-bond acceptors (Lipinski definition) is 6. The van der Waals surface area contributed by atoms with Crippen molar-refractivity contribution in [1.29, 1.82) is 0 Å². The summed E-state index contributed by atoms with van der Waals surface area (Å²) < 4.78 is 11.0. The summed E-state index contributed by atoms with van der Waals surface area (Å²) in [6.45, 7) is 2.01. The number of thioether (sulfide) groups is 1. The number of aromatic amines is 1. The molecule has 0 aliphatic carbocycles. The van der Waals surface area contributed by atoms with Crippen molar-refractivity contribution < 1.29 is 9.15 Å². The van der Waals surface area contributed by atoms with E-state index in [0.717, 1.165) is 27.5 Å². The van der Waals surface area contributed by atoms with Gasteiger partial charge in [-0.05, 0) is 31.2 Å². The Balaban J connectivity index is 1.54. The molecule has 6 nitrogen and oxygen atoms in total. The first-order chi connectivity index (χ1) is 12.2. The SMILES string of the molecule is COc1ccc2nc(SC(C)c3nnc(-c4ccccc4)o3)[nH]c2c1. The van der Waals surface area contributed by atoms with E-state index in [4.69, 9.17) is 9.15 Å². The highest BCUT2D eigenvalue weighted by Crippen LogP contribution is 2.34. The maximum atomic E-state index is 5.81. The minimum Gasteiger partial charge on any atom is -0.497 e. The van der Waals surface area contributed by atoms with E-state index in [2.05, 4.69) is 20.2 Å². The number of benzene rings is 2. The summed E-state index contributed by atoms with van der Waals surface area (Å²) in [6.07, 6.45) is 0. The van der Waals surface area contributed by atoms with Gasteiger partial charge >= 0.3 is 0 Å². The topological polar surface area (TPSA) is 76.8 Å². The van der Waals surface area contributed by atoms with Crippen molar-refractivity contribution in [3.05, 3.63) is 54.4 Å². The normalized spacial score (nSPS) is 12.4. The van der Waals surface area contributed by atoms with Gasteiger partial charge in [0.25, 0.3) is 0 Å². The summed E-state index contributed by atoms with van der Waals surface area (Å²) in [4.78, 5) is 7.87. The first-order valence-corrected chi connectivity index (χ1v) is 8.70. The Morgan fingerprint density at radius 2 is 1.96 bits per heavy atom. The summed E-state index contributed by atoms with van der Waals surface area (Å²) in [5.74, 6) is 1.89. The molecule has 25 heavy (non-hydrogen) atoms. The molecule has 2 aromatic carbocycles. The molecule has 4 aromatic rings. The van der Waals surface area contributed by atoms with Gasteiger partial charge in [-0.1, -0.05) is 30.0 Å². The van der Waals surface area contributed by atoms with Gasteiger partial charge in [0.05, 0.1) is 23.4 Å². The third kappa shape index (κ3) is 3.23. The number of aromatic nitrogens is 4. The number of fused-ring (bicyclic) bond motifs is 1. The molecule has 1 atom stereocenters. The maximum absolute atomic E-state index is 5.81. The molecule has 1 N–H and O–H groups in total. The van der Waals surface area contributed by atoms with Gasteiger partial charge < -0.3 is 14.1 Å². The molecule has 0 radical (unpaired) electrons. The Labute approximate surface area is 148 Å². The molecule has 126 valence electrons. The Morgan fingerprint density at radius 3 is 2.76 bits per heavy atom. The van der Waals surface area contributed by atoms with Gasteiger partial charge in [-0.25, -0.2) is 4.98 Å². The monoisotopic (exact) mass is 352 g/mol. The largest absolute Gasteiger partial charge is 0.497 e. The number of nitrogens with one attached hydrogen (secondary N) is 1. The summed E-state index contributed by atoms with van der Waals surface area (Å²) in [5, 5.41) is 9.09. The third-order valence-corrected chi connectivity index (χ3v) is 4.74. The van der Waals surface area contributed by atoms with Crippen molar-refractivity contribution in [2.75, 3.05) is 7.11 Å². The van der Waals surface area contributed by atoms with Gasteiger partial charge in [0.1, 0.15) is 5.75 Å². The average molecular weight is 352 g/mol. The third-order valence-electron chi connectivity index (χ3n) is 3.76. The molecule has 0 fully saturated rings. The van der Waals surface area contributed by atoms with E-state index in [-0.39, 0.29) is 5.25 Å². The quantitative estimate of drug-likeness (QED) is 0.534. The van der Waals surface area contributed by atoms with Crippen molar-refractivity contribution in [1.82, 2.24) is 20.2 Å². The molecule has 1 unspecified atom stereocenters. The molecule has 0 bridgehead atoms. The molecular weight excluding hydrogens is 336 g/mol. The minimum atomic E-state index is -0.0209. The van der Waals surface area contributed by atoms with Gasteiger partial charge in [0.15, 0.2) is 5.16 Å². The van der Waals surface area contributed by atoms with E-state index in [9.17, 15) is 0 Å². The van der Waals surface area contributed by atoms with Crippen LogP contribution in [-0.2, 0) is 0 Å². The average Bonchev–Trinajstić information content (AvgIpc) is 3.28. The van der Waals surface area contributed by atoms with Crippen LogP contribution in [0.5, 0.6) is 5.75 Å². The van der Waals surface area contributed by atoms with E-state index in [1.54, 1.807) is 18.9 Å². The minimum absolute atomic E-state index is 0.0209. The fraction of sp³-hybridized carbons (Fsp3) is 0.167. The predicted octanol–water partition coefficient (Wildman–Crippen LogP) is 4.47. The van der Waals surface area contributed by atoms with Crippen LogP contribution >= 0.6 is 11.8 Å². The Hall–Kier alpha value is -2.80. The maximum Gasteiger partial charge on any atom is 0.247 e. The Kier molecular flexibility index (Phi) is 4.15. The van der Waals surface area contributed by atoms with E-state index in [0.29, 0.717) is 11.8 Å². The number of rotatable bonds is 5. The predicted molar refractivity (Wildman–Crippen MR) is 96.7 cm³/mol. The molecule has 7 heteroatoms. The molecule has 0 aliphatic heterocycles. The fourth-order valence-corrected chi connectivity index (χ4v) is 3.31. The molecule has 4 rings (SSSR count). The van der Waals surface area contributed by atoms with Gasteiger partial charge in [-0.2, -0.15) is 0 Å². The second-order valence-electron chi connectivity index (χ2n) is 5.50. The standard InChI is InChI=1S/C18H16N4O2S/c1-11(16-21-22-17(24-16)12-6-4-3-5-7-12)25-18-19-14-9-8-13(23-2)10-15(14)20-18/h3-11H,1-2H3,(H,19,20). The lowest BCUT2D eigenvalue weighted by Crippen LogP contribution is -1.89. The van der Waals surface area contributed by atoms with Gasteiger partial charge in [-0.3, -0.25) is 0 Å². The number of H-pyrrole nitrogens is 1. The van der Waals surface area contributed by atoms with Crippen molar-refractivity contribution >= 4 is 22.8 Å². The molecule has 2 heterocycles. The van der Waals surface area contributed by atoms with Crippen LogP contribution in [0, 0.1) is 0 Å². The van der Waals surface area contributed by atoms with Crippen molar-refractivity contribution in [2.24, 2.45) is 0 Å². The lowest BCUT2D eigenvalue weighted by Gasteiger charge is -2.02. The molecule has 0 saturated heterocycles. The molecule has 0 amide bonds. The number of imidazole rings is 1.